The van der Waals surface area contributed by atoms with Crippen molar-refractivity contribution in [2.24, 2.45) is 0 Å². The summed E-state index contributed by atoms with van der Waals surface area (Å²) >= 11 is 0. The molecular weight excluding hydrogens is 290 g/mol. The molecule has 1 amide bonds. The van der Waals surface area contributed by atoms with Gasteiger partial charge < -0.3 is 14.8 Å². The van der Waals surface area contributed by atoms with Crippen molar-refractivity contribution in [1.82, 2.24) is 5.32 Å². The maximum atomic E-state index is 12.0. The van der Waals surface area contributed by atoms with Crippen molar-refractivity contribution < 1.29 is 28.6 Å². The molecule has 0 rings (SSSR count). The predicted octanol–water partition coefficient (Wildman–Crippen LogP) is 0.507. The standard InChI is InChI=1S/C14H23N3O5/c1-5-21-10(4)13(19)17-12(14(20)22-9(2)3)7-6-11(18)8-16-15/h8-10,12,15H,5-7H2,1-4H3/p+1/t10-,12-/m0/s1. The fourth-order valence-corrected chi connectivity index (χ4v) is 1.60. The Labute approximate surface area is 129 Å². The van der Waals surface area contributed by atoms with Gasteiger partial charge in [0, 0.05) is 13.0 Å². The van der Waals surface area contributed by atoms with Gasteiger partial charge in [-0.1, -0.05) is 0 Å². The maximum absolute atomic E-state index is 12.0. The van der Waals surface area contributed by atoms with Crippen LogP contribution in [0.15, 0.2) is 0 Å². The number of hydrogen-bond acceptors (Lipinski definition) is 6. The van der Waals surface area contributed by atoms with Gasteiger partial charge in [-0.2, -0.15) is 0 Å². The first-order valence-electron chi connectivity index (χ1n) is 7.16. The molecule has 124 valence electrons. The Kier molecular flexibility index (Phi) is 9.65. The smallest absolute Gasteiger partial charge is 0.372 e. The first kappa shape index (κ1) is 19.9. The fraction of sp³-hybridized carbons (Fsp3) is 0.714. The lowest BCUT2D eigenvalue weighted by Crippen LogP contribution is -2.46. The summed E-state index contributed by atoms with van der Waals surface area (Å²) < 4.78 is 10.2. The lowest BCUT2D eigenvalue weighted by atomic mass is 10.1. The number of nitrogens with zero attached hydrogens (tertiary/aromatic N) is 1. The Morgan fingerprint density at radius 2 is 1.91 bits per heavy atom. The van der Waals surface area contributed by atoms with Crippen LogP contribution >= 0.6 is 0 Å². The van der Waals surface area contributed by atoms with Crippen LogP contribution in [0.4, 0.5) is 0 Å². The summed E-state index contributed by atoms with van der Waals surface area (Å²) in [6.45, 7) is 7.08. The quantitative estimate of drug-likeness (QED) is 0.263. The molecule has 2 N–H and O–H groups in total. The van der Waals surface area contributed by atoms with E-state index in [2.05, 4.69) is 10.1 Å². The fourth-order valence-electron chi connectivity index (χ4n) is 1.60. The Morgan fingerprint density at radius 3 is 2.41 bits per heavy atom. The Balaban J connectivity index is 4.77. The van der Waals surface area contributed by atoms with Gasteiger partial charge in [0.1, 0.15) is 12.1 Å². The highest BCUT2D eigenvalue weighted by atomic mass is 16.5. The van der Waals surface area contributed by atoms with E-state index in [9.17, 15) is 14.4 Å². The molecule has 0 saturated heterocycles. The Bertz CT molecular complexity index is 444. The molecule has 22 heavy (non-hydrogen) atoms. The highest BCUT2D eigenvalue weighted by Crippen LogP contribution is 2.04. The number of amides is 1. The molecule has 8 nitrogen and oxygen atoms in total. The van der Waals surface area contributed by atoms with Crippen molar-refractivity contribution in [3.05, 3.63) is 0 Å². The molecule has 0 heterocycles. The first-order chi connectivity index (χ1) is 10.3. The molecule has 0 aromatic rings. The van der Waals surface area contributed by atoms with E-state index in [0.717, 1.165) is 6.21 Å². The second-order valence-corrected chi connectivity index (χ2v) is 4.91. The molecule has 0 bridgehead atoms. The number of rotatable bonds is 10. The minimum Gasteiger partial charge on any atom is -0.461 e. The van der Waals surface area contributed by atoms with Gasteiger partial charge in [-0.3, -0.25) is 9.59 Å². The zero-order valence-electron chi connectivity index (χ0n) is 13.4. The number of Topliss-reactive ketones (excluding diaryl/α,β-unsaturated/α-hetero) is 1. The van der Waals surface area contributed by atoms with Crippen LogP contribution < -0.4 is 5.32 Å². The summed E-state index contributed by atoms with van der Waals surface area (Å²) in [5, 5.41) is 2.52. The molecule has 0 fully saturated rings. The van der Waals surface area contributed by atoms with Crippen LogP contribution in [0.1, 0.15) is 40.5 Å². The number of hydrogen-bond donors (Lipinski definition) is 2. The average molecular weight is 314 g/mol. The topological polar surface area (TPSA) is 120 Å². The van der Waals surface area contributed by atoms with Gasteiger partial charge in [-0.15, -0.1) is 0 Å². The molecule has 0 spiro atoms. The van der Waals surface area contributed by atoms with Crippen LogP contribution in [0.3, 0.4) is 0 Å². The molecule has 0 unspecified atom stereocenters. The van der Waals surface area contributed by atoms with Gasteiger partial charge in [0.15, 0.2) is 0 Å². The highest BCUT2D eigenvalue weighted by molar-refractivity contribution is 6.25. The number of nitrogens with one attached hydrogen (secondary N) is 2. The van der Waals surface area contributed by atoms with E-state index < -0.39 is 29.8 Å². The van der Waals surface area contributed by atoms with Crippen molar-refractivity contribution in [1.29, 1.82) is 5.53 Å². The number of ether oxygens (including phenoxy) is 2. The summed E-state index contributed by atoms with van der Waals surface area (Å²) in [6.07, 6.45) is -0.133. The molecule has 0 aliphatic rings. The summed E-state index contributed by atoms with van der Waals surface area (Å²) in [5.41, 5.74) is 6.58. The monoisotopic (exact) mass is 314 g/mol. The summed E-state index contributed by atoms with van der Waals surface area (Å²) in [7, 11) is 0. The minimum atomic E-state index is -0.944. The summed E-state index contributed by atoms with van der Waals surface area (Å²) in [5.74, 6) is -1.46. The average Bonchev–Trinajstić information content (AvgIpc) is 2.42. The van der Waals surface area contributed by atoms with E-state index in [4.69, 9.17) is 15.0 Å². The SMILES string of the molecule is CCO[C@@H](C)C(=O)N[C@@H](CCC(=O)C=[N+]=N)C(=O)OC(C)C. The van der Waals surface area contributed by atoms with E-state index >= 15 is 0 Å². The van der Waals surface area contributed by atoms with Gasteiger partial charge in [-0.05, 0) is 34.1 Å². The third kappa shape index (κ3) is 8.28. The van der Waals surface area contributed by atoms with Gasteiger partial charge in [0.2, 0.25) is 11.7 Å². The van der Waals surface area contributed by atoms with Crippen molar-refractivity contribution in [3.8, 4) is 0 Å². The second kappa shape index (κ2) is 10.6. The molecule has 0 aromatic heterocycles. The Morgan fingerprint density at radius 1 is 1.27 bits per heavy atom. The third-order valence-corrected chi connectivity index (χ3v) is 2.63. The van der Waals surface area contributed by atoms with Crippen LogP contribution in [0, 0.1) is 5.53 Å². The zero-order valence-corrected chi connectivity index (χ0v) is 13.4. The van der Waals surface area contributed by atoms with Crippen molar-refractivity contribution in [2.75, 3.05) is 6.61 Å². The van der Waals surface area contributed by atoms with E-state index in [1.807, 2.05) is 0 Å². The molecule has 0 saturated carbocycles. The van der Waals surface area contributed by atoms with Crippen LogP contribution in [0.2, 0.25) is 0 Å². The second-order valence-electron chi connectivity index (χ2n) is 4.91. The number of carbonyl (C=O) groups is 3. The van der Waals surface area contributed by atoms with E-state index in [-0.39, 0.29) is 18.9 Å². The number of ketones is 1. The van der Waals surface area contributed by atoms with Crippen molar-refractivity contribution in [2.45, 2.75) is 58.8 Å². The number of carbonyl (C=O) groups excluding carboxylic acids is 3. The van der Waals surface area contributed by atoms with Gasteiger partial charge in [-0.25, -0.2) is 4.79 Å². The van der Waals surface area contributed by atoms with E-state index in [0.29, 0.717) is 6.61 Å². The van der Waals surface area contributed by atoms with Crippen LogP contribution in [0.25, 0.3) is 0 Å². The normalized spacial score (nSPS) is 13.0. The van der Waals surface area contributed by atoms with E-state index in [1.165, 1.54) is 0 Å². The Hall–Kier alpha value is -2.05. The molecule has 0 radical (unpaired) electrons. The largest absolute Gasteiger partial charge is 0.461 e. The highest BCUT2D eigenvalue weighted by Gasteiger charge is 2.26. The van der Waals surface area contributed by atoms with E-state index in [1.54, 1.807) is 27.7 Å². The first-order valence-corrected chi connectivity index (χ1v) is 7.16. The molecule has 0 aromatic carbocycles. The van der Waals surface area contributed by atoms with Crippen molar-refractivity contribution >= 4 is 23.9 Å². The number of esters is 1. The van der Waals surface area contributed by atoms with Crippen LogP contribution in [-0.4, -0.2) is 53.5 Å². The van der Waals surface area contributed by atoms with Crippen molar-refractivity contribution in [3.63, 3.8) is 0 Å². The lowest BCUT2D eigenvalue weighted by molar-refractivity contribution is -0.152. The molecular formula is C14H24N3O5+. The van der Waals surface area contributed by atoms with Gasteiger partial charge >= 0.3 is 12.2 Å². The maximum Gasteiger partial charge on any atom is 0.372 e. The van der Waals surface area contributed by atoms with Gasteiger partial charge in [0.25, 0.3) is 0 Å². The molecule has 0 aliphatic carbocycles. The van der Waals surface area contributed by atoms with Gasteiger partial charge in [0.05, 0.1) is 16.4 Å². The van der Waals surface area contributed by atoms with Crippen LogP contribution in [-0.2, 0) is 23.9 Å². The zero-order chi connectivity index (χ0) is 17.1. The minimum absolute atomic E-state index is 0.0243. The molecule has 2 atom stereocenters. The van der Waals surface area contributed by atoms with Crippen LogP contribution in [0.5, 0.6) is 0 Å². The molecule has 0 aliphatic heterocycles. The third-order valence-electron chi connectivity index (χ3n) is 2.63. The molecule has 8 heteroatoms. The predicted molar refractivity (Wildman–Crippen MR) is 77.5 cm³/mol. The summed E-state index contributed by atoms with van der Waals surface area (Å²) in [4.78, 5) is 38.1. The lowest BCUT2D eigenvalue weighted by Gasteiger charge is -2.20. The summed E-state index contributed by atoms with van der Waals surface area (Å²) in [6, 6.07) is -0.944.